The van der Waals surface area contributed by atoms with Crippen LogP contribution < -0.4 is 15.2 Å². The Morgan fingerprint density at radius 3 is 2.78 bits per heavy atom. The van der Waals surface area contributed by atoms with Crippen LogP contribution in [-0.2, 0) is 9.59 Å². The third-order valence-electron chi connectivity index (χ3n) is 2.15. The molecule has 0 aromatic heterocycles. The number of benzene rings is 1. The molecule has 18 heavy (non-hydrogen) atoms. The summed E-state index contributed by atoms with van der Waals surface area (Å²) in [6.07, 6.45) is -0.216. The fourth-order valence-electron chi connectivity index (χ4n) is 1.21. The number of nitrogens with one attached hydrogen (secondary N) is 1. The van der Waals surface area contributed by atoms with Crippen LogP contribution in [-0.4, -0.2) is 25.0 Å². The van der Waals surface area contributed by atoms with Crippen molar-refractivity contribution in [3.8, 4) is 5.75 Å². The van der Waals surface area contributed by atoms with Crippen LogP contribution in [0.5, 0.6) is 5.75 Å². The maximum atomic E-state index is 11.3. The minimum atomic E-state index is -1.20. The van der Waals surface area contributed by atoms with Gasteiger partial charge in [0, 0.05) is 24.0 Å². The van der Waals surface area contributed by atoms with Crippen molar-refractivity contribution >= 4 is 23.5 Å². The standard InChI is InChI=1S/C12H14ClNO4/c1-8-6-9(2-3-10(8)13)18-7-11(15)14-5-4-12(16)17/h2-3,6H,4-5,7H2,1H3,(H,14,15)(H,16,17)/p-1. The van der Waals surface area contributed by atoms with Crippen molar-refractivity contribution in [2.24, 2.45) is 0 Å². The molecular formula is C12H13ClNO4-. The fourth-order valence-corrected chi connectivity index (χ4v) is 1.33. The van der Waals surface area contributed by atoms with Gasteiger partial charge in [-0.25, -0.2) is 0 Å². The van der Waals surface area contributed by atoms with Crippen LogP contribution in [0, 0.1) is 6.92 Å². The van der Waals surface area contributed by atoms with Gasteiger partial charge in [0.15, 0.2) is 6.61 Å². The first kappa shape index (κ1) is 14.3. The van der Waals surface area contributed by atoms with Crippen LogP contribution in [0.3, 0.4) is 0 Å². The van der Waals surface area contributed by atoms with Crippen molar-refractivity contribution in [1.29, 1.82) is 0 Å². The van der Waals surface area contributed by atoms with Crippen LogP contribution in [0.15, 0.2) is 18.2 Å². The summed E-state index contributed by atoms with van der Waals surface area (Å²) in [5.74, 6) is -1.06. The molecule has 98 valence electrons. The molecule has 0 heterocycles. The number of carbonyl (C=O) groups is 2. The van der Waals surface area contributed by atoms with Crippen LogP contribution in [0.25, 0.3) is 0 Å². The quantitative estimate of drug-likeness (QED) is 0.806. The second-order valence-corrected chi connectivity index (χ2v) is 4.08. The van der Waals surface area contributed by atoms with E-state index in [4.69, 9.17) is 16.3 Å². The van der Waals surface area contributed by atoms with E-state index < -0.39 is 5.97 Å². The summed E-state index contributed by atoms with van der Waals surface area (Å²) in [6.45, 7) is 1.69. The van der Waals surface area contributed by atoms with Gasteiger partial charge in [0.2, 0.25) is 0 Å². The van der Waals surface area contributed by atoms with Gasteiger partial charge in [0.05, 0.1) is 0 Å². The van der Waals surface area contributed by atoms with Crippen molar-refractivity contribution < 1.29 is 19.4 Å². The first-order valence-electron chi connectivity index (χ1n) is 5.34. The van der Waals surface area contributed by atoms with Gasteiger partial charge in [0.25, 0.3) is 5.91 Å². The van der Waals surface area contributed by atoms with Gasteiger partial charge in [-0.1, -0.05) is 11.6 Å². The molecule has 5 nitrogen and oxygen atoms in total. The molecule has 6 heteroatoms. The lowest BCUT2D eigenvalue weighted by Gasteiger charge is -2.08. The molecule has 0 atom stereocenters. The smallest absolute Gasteiger partial charge is 0.257 e. The first-order chi connectivity index (χ1) is 8.49. The number of carboxylic acid groups (broad SMARTS) is 1. The Morgan fingerprint density at radius 2 is 2.17 bits per heavy atom. The molecule has 0 saturated heterocycles. The van der Waals surface area contributed by atoms with Crippen molar-refractivity contribution in [3.63, 3.8) is 0 Å². The number of carboxylic acids is 1. The van der Waals surface area contributed by atoms with Crippen molar-refractivity contribution in [2.45, 2.75) is 13.3 Å². The first-order valence-corrected chi connectivity index (χ1v) is 5.72. The number of amides is 1. The Kier molecular flexibility index (Phi) is 5.45. The van der Waals surface area contributed by atoms with Crippen molar-refractivity contribution in [3.05, 3.63) is 28.8 Å². The third-order valence-corrected chi connectivity index (χ3v) is 2.57. The number of aryl methyl sites for hydroxylation is 1. The van der Waals surface area contributed by atoms with E-state index in [9.17, 15) is 14.7 Å². The van der Waals surface area contributed by atoms with E-state index in [-0.39, 0.29) is 25.5 Å². The summed E-state index contributed by atoms with van der Waals surface area (Å²) in [5, 5.41) is 13.1. The van der Waals surface area contributed by atoms with E-state index in [0.29, 0.717) is 10.8 Å². The van der Waals surface area contributed by atoms with Crippen LogP contribution >= 0.6 is 11.6 Å². The highest BCUT2D eigenvalue weighted by molar-refractivity contribution is 6.31. The molecule has 1 N–H and O–H groups in total. The number of hydrogen-bond acceptors (Lipinski definition) is 4. The van der Waals surface area contributed by atoms with Crippen LogP contribution in [0.2, 0.25) is 5.02 Å². The van der Waals surface area contributed by atoms with Crippen molar-refractivity contribution in [2.75, 3.05) is 13.2 Å². The van der Waals surface area contributed by atoms with Crippen molar-refractivity contribution in [1.82, 2.24) is 5.32 Å². The van der Waals surface area contributed by atoms with Gasteiger partial charge in [0.1, 0.15) is 5.75 Å². The molecule has 1 aromatic rings. The summed E-state index contributed by atoms with van der Waals surface area (Å²) < 4.78 is 5.23. The Hall–Kier alpha value is -1.75. The zero-order valence-corrected chi connectivity index (χ0v) is 10.6. The lowest BCUT2D eigenvalue weighted by molar-refractivity contribution is -0.305. The van der Waals surface area contributed by atoms with Gasteiger partial charge < -0.3 is 20.0 Å². The summed E-state index contributed by atoms with van der Waals surface area (Å²) in [7, 11) is 0. The summed E-state index contributed by atoms with van der Waals surface area (Å²) in [6, 6.07) is 5.06. The molecule has 1 aromatic carbocycles. The second-order valence-electron chi connectivity index (χ2n) is 3.67. The molecule has 1 rings (SSSR count). The summed E-state index contributed by atoms with van der Waals surface area (Å²) >= 11 is 5.85. The van der Waals surface area contributed by atoms with E-state index in [1.165, 1.54) is 0 Å². The Labute approximate surface area is 110 Å². The lowest BCUT2D eigenvalue weighted by atomic mass is 10.2. The maximum absolute atomic E-state index is 11.3. The predicted octanol–water partition coefficient (Wildman–Crippen LogP) is 0.283. The maximum Gasteiger partial charge on any atom is 0.257 e. The topological polar surface area (TPSA) is 78.5 Å². The highest BCUT2D eigenvalue weighted by atomic mass is 35.5. The molecule has 0 aliphatic rings. The van der Waals surface area contributed by atoms with E-state index >= 15 is 0 Å². The highest BCUT2D eigenvalue weighted by Crippen LogP contribution is 2.20. The Bertz CT molecular complexity index is 448. The minimum Gasteiger partial charge on any atom is -0.550 e. The number of ether oxygens (including phenoxy) is 1. The molecule has 1 amide bonds. The monoisotopic (exact) mass is 270 g/mol. The molecule has 0 bridgehead atoms. The highest BCUT2D eigenvalue weighted by Gasteiger charge is 2.03. The SMILES string of the molecule is Cc1cc(OCC(=O)NCCC(=O)[O-])ccc1Cl. The largest absolute Gasteiger partial charge is 0.550 e. The molecule has 0 unspecified atom stereocenters. The molecule has 0 saturated carbocycles. The predicted molar refractivity (Wildman–Crippen MR) is 64.3 cm³/mol. The van der Waals surface area contributed by atoms with Gasteiger partial charge >= 0.3 is 0 Å². The third kappa shape index (κ3) is 5.05. The molecule has 0 aliphatic heterocycles. The van der Waals surface area contributed by atoms with Gasteiger partial charge in [-0.2, -0.15) is 0 Å². The number of hydrogen-bond donors (Lipinski definition) is 1. The van der Waals surface area contributed by atoms with E-state index in [0.717, 1.165) is 5.56 Å². The minimum absolute atomic E-state index is 0.0319. The fraction of sp³-hybridized carbons (Fsp3) is 0.333. The summed E-state index contributed by atoms with van der Waals surface area (Å²) in [4.78, 5) is 21.4. The zero-order valence-electron chi connectivity index (χ0n) is 9.86. The Balaban J connectivity index is 2.33. The van der Waals surface area contributed by atoms with Crippen LogP contribution in [0.1, 0.15) is 12.0 Å². The molecule has 0 radical (unpaired) electrons. The van der Waals surface area contributed by atoms with Gasteiger partial charge in [-0.05, 0) is 30.7 Å². The normalized spacial score (nSPS) is 9.89. The van der Waals surface area contributed by atoms with Gasteiger partial charge in [-0.15, -0.1) is 0 Å². The zero-order chi connectivity index (χ0) is 13.5. The number of rotatable bonds is 6. The second kappa shape index (κ2) is 6.86. The molecule has 0 spiro atoms. The molecule has 0 fully saturated rings. The van der Waals surface area contributed by atoms with Crippen LogP contribution in [0.4, 0.5) is 0 Å². The molecular weight excluding hydrogens is 258 g/mol. The number of halogens is 1. The average molecular weight is 271 g/mol. The summed E-state index contributed by atoms with van der Waals surface area (Å²) in [5.41, 5.74) is 0.853. The van der Waals surface area contributed by atoms with E-state index in [1.54, 1.807) is 18.2 Å². The molecule has 0 aliphatic carbocycles. The number of aliphatic carboxylic acids is 1. The number of carbonyl (C=O) groups excluding carboxylic acids is 2. The van der Waals surface area contributed by atoms with Gasteiger partial charge in [-0.3, -0.25) is 4.79 Å². The van der Waals surface area contributed by atoms with E-state index in [2.05, 4.69) is 5.32 Å². The lowest BCUT2D eigenvalue weighted by Crippen LogP contribution is -2.33. The van der Waals surface area contributed by atoms with E-state index in [1.807, 2.05) is 6.92 Å². The Morgan fingerprint density at radius 1 is 1.44 bits per heavy atom. The average Bonchev–Trinajstić information content (AvgIpc) is 2.30.